The average Bonchev–Trinajstić information content (AvgIpc) is 3.08. The minimum absolute atomic E-state index is 0.313. The van der Waals surface area contributed by atoms with Crippen LogP contribution in [0.25, 0.3) is 21.3 Å². The van der Waals surface area contributed by atoms with Gasteiger partial charge in [-0.2, -0.15) is 4.99 Å². The van der Waals surface area contributed by atoms with E-state index in [9.17, 15) is 9.18 Å². The van der Waals surface area contributed by atoms with Gasteiger partial charge >= 0.3 is 0 Å². The molecule has 0 spiro atoms. The van der Waals surface area contributed by atoms with Gasteiger partial charge in [-0.05, 0) is 41.5 Å². The van der Waals surface area contributed by atoms with Crippen molar-refractivity contribution in [2.75, 3.05) is 13.7 Å². The molecule has 1 heterocycles. The van der Waals surface area contributed by atoms with Gasteiger partial charge in [0.15, 0.2) is 4.80 Å². The van der Waals surface area contributed by atoms with E-state index in [1.54, 1.807) is 25.3 Å². The Morgan fingerprint density at radius 2 is 1.76 bits per heavy atom. The smallest absolute Gasteiger partial charge is 0.279 e. The monoisotopic (exact) mass is 406 g/mol. The topological polar surface area (TPSA) is 43.6 Å². The molecule has 0 bridgehead atoms. The summed E-state index contributed by atoms with van der Waals surface area (Å²) in [7, 11) is 1.62. The molecule has 6 heteroatoms. The number of methoxy groups -OCH3 is 1. The van der Waals surface area contributed by atoms with E-state index in [4.69, 9.17) is 4.74 Å². The number of carbonyl (C=O) groups is 1. The fraction of sp³-hybridized carbons (Fsp3) is 0.130. The molecule has 3 aromatic carbocycles. The van der Waals surface area contributed by atoms with E-state index < -0.39 is 0 Å². The molecule has 4 rings (SSSR count). The summed E-state index contributed by atoms with van der Waals surface area (Å²) >= 11 is 1.29. The third-order valence-corrected chi connectivity index (χ3v) is 5.64. The number of aromatic nitrogens is 1. The number of nitrogens with zero attached hydrogens (tertiary/aromatic N) is 2. The normalized spacial score (nSPS) is 11.9. The highest BCUT2D eigenvalue weighted by Crippen LogP contribution is 2.21. The molecule has 29 heavy (non-hydrogen) atoms. The first kappa shape index (κ1) is 19.2. The van der Waals surface area contributed by atoms with Crippen LogP contribution in [0.5, 0.6) is 0 Å². The average molecular weight is 406 g/mol. The van der Waals surface area contributed by atoms with Gasteiger partial charge in [-0.1, -0.05) is 53.8 Å². The lowest BCUT2D eigenvalue weighted by molar-refractivity contribution is 0.0997. The fourth-order valence-electron chi connectivity index (χ4n) is 3.12. The van der Waals surface area contributed by atoms with E-state index >= 15 is 0 Å². The van der Waals surface area contributed by atoms with E-state index in [1.807, 2.05) is 47.0 Å². The number of ether oxygens (including phenoxy) is 1. The molecule has 4 nitrogen and oxygen atoms in total. The number of hydrogen-bond donors (Lipinski definition) is 0. The number of carbonyl (C=O) groups excluding carboxylic acids is 1. The Labute approximate surface area is 171 Å². The van der Waals surface area contributed by atoms with Gasteiger partial charge in [0, 0.05) is 19.2 Å². The first-order chi connectivity index (χ1) is 14.2. The molecule has 0 aliphatic rings. The summed E-state index contributed by atoms with van der Waals surface area (Å²) in [4.78, 5) is 17.6. The Hall–Kier alpha value is -3.09. The number of benzene rings is 3. The van der Waals surface area contributed by atoms with Gasteiger partial charge in [-0.15, -0.1) is 0 Å². The van der Waals surface area contributed by atoms with Crippen LogP contribution in [0.15, 0.2) is 77.8 Å². The summed E-state index contributed by atoms with van der Waals surface area (Å²) in [5.74, 6) is -0.644. The Balaban J connectivity index is 1.70. The van der Waals surface area contributed by atoms with Crippen LogP contribution < -0.4 is 4.80 Å². The van der Waals surface area contributed by atoms with Crippen LogP contribution in [-0.4, -0.2) is 24.2 Å². The molecule has 0 aliphatic heterocycles. The molecule has 0 saturated heterocycles. The lowest BCUT2D eigenvalue weighted by Crippen LogP contribution is -2.19. The zero-order valence-corrected chi connectivity index (χ0v) is 16.7. The maximum atomic E-state index is 13.6. The highest BCUT2D eigenvalue weighted by atomic mass is 32.1. The zero-order chi connectivity index (χ0) is 20.2. The van der Waals surface area contributed by atoms with Crippen molar-refractivity contribution < 1.29 is 13.9 Å². The van der Waals surface area contributed by atoms with E-state index in [1.165, 1.54) is 23.5 Å². The quantitative estimate of drug-likeness (QED) is 0.473. The Morgan fingerprint density at radius 1 is 1.03 bits per heavy atom. The van der Waals surface area contributed by atoms with Crippen molar-refractivity contribution in [2.45, 2.75) is 6.54 Å². The predicted molar refractivity (Wildman–Crippen MR) is 113 cm³/mol. The fourth-order valence-corrected chi connectivity index (χ4v) is 4.20. The highest BCUT2D eigenvalue weighted by molar-refractivity contribution is 7.16. The van der Waals surface area contributed by atoms with Gasteiger partial charge in [0.25, 0.3) is 5.91 Å². The summed E-state index contributed by atoms with van der Waals surface area (Å²) in [6, 6.07) is 21.9. The molecule has 0 radical (unpaired) electrons. The minimum Gasteiger partial charge on any atom is -0.383 e. The first-order valence-electron chi connectivity index (χ1n) is 9.18. The van der Waals surface area contributed by atoms with Crippen LogP contribution in [0.3, 0.4) is 0 Å². The van der Waals surface area contributed by atoms with Crippen molar-refractivity contribution in [3.05, 3.63) is 89.0 Å². The SMILES string of the molecule is COCCn1c(=NC(=O)c2ccc(-c3ccccc3)cc2)sc2cc(F)ccc21. The second-order valence-corrected chi connectivity index (χ2v) is 7.51. The molecule has 0 unspecified atom stereocenters. The maximum absolute atomic E-state index is 13.6. The molecular formula is C23H19FN2O2S. The van der Waals surface area contributed by atoms with Crippen molar-refractivity contribution in [1.29, 1.82) is 0 Å². The van der Waals surface area contributed by atoms with Crippen molar-refractivity contribution in [3.8, 4) is 11.1 Å². The van der Waals surface area contributed by atoms with E-state index in [-0.39, 0.29) is 11.7 Å². The molecular weight excluding hydrogens is 387 g/mol. The molecule has 4 aromatic rings. The first-order valence-corrected chi connectivity index (χ1v) is 10.00. The Bertz CT molecular complexity index is 1210. The lowest BCUT2D eigenvalue weighted by atomic mass is 10.0. The summed E-state index contributed by atoms with van der Waals surface area (Å²) in [6.45, 7) is 0.998. The molecule has 0 atom stereocenters. The number of thiazole rings is 1. The molecule has 0 aliphatic carbocycles. The Kier molecular flexibility index (Phi) is 5.64. The lowest BCUT2D eigenvalue weighted by Gasteiger charge is -2.04. The number of halogens is 1. The zero-order valence-electron chi connectivity index (χ0n) is 15.8. The van der Waals surface area contributed by atoms with Crippen LogP contribution in [0.2, 0.25) is 0 Å². The van der Waals surface area contributed by atoms with Crippen LogP contribution in [0.4, 0.5) is 4.39 Å². The summed E-state index contributed by atoms with van der Waals surface area (Å²) in [5, 5.41) is 0. The predicted octanol–water partition coefficient (Wildman–Crippen LogP) is 4.90. The largest absolute Gasteiger partial charge is 0.383 e. The number of hydrogen-bond acceptors (Lipinski definition) is 3. The van der Waals surface area contributed by atoms with Gasteiger partial charge in [0.1, 0.15) is 5.82 Å². The molecule has 0 N–H and O–H groups in total. The third kappa shape index (κ3) is 4.18. The van der Waals surface area contributed by atoms with Crippen LogP contribution in [-0.2, 0) is 11.3 Å². The van der Waals surface area contributed by atoms with Crippen molar-refractivity contribution in [3.63, 3.8) is 0 Å². The van der Waals surface area contributed by atoms with Crippen LogP contribution in [0.1, 0.15) is 10.4 Å². The van der Waals surface area contributed by atoms with Gasteiger partial charge in [0.2, 0.25) is 0 Å². The van der Waals surface area contributed by atoms with Crippen LogP contribution >= 0.6 is 11.3 Å². The molecule has 0 saturated carbocycles. The van der Waals surface area contributed by atoms with Gasteiger partial charge < -0.3 is 9.30 Å². The number of fused-ring (bicyclic) bond motifs is 1. The second-order valence-electron chi connectivity index (χ2n) is 6.50. The minimum atomic E-state index is -0.331. The molecule has 1 aromatic heterocycles. The van der Waals surface area contributed by atoms with Crippen molar-refractivity contribution in [2.24, 2.45) is 4.99 Å². The molecule has 146 valence electrons. The third-order valence-electron chi connectivity index (χ3n) is 4.60. The summed E-state index contributed by atoms with van der Waals surface area (Å²) < 4.78 is 21.4. The number of amides is 1. The van der Waals surface area contributed by atoms with E-state index in [2.05, 4.69) is 4.99 Å². The van der Waals surface area contributed by atoms with Gasteiger partial charge in [-0.25, -0.2) is 4.39 Å². The standard InChI is InChI=1S/C23H19FN2O2S/c1-28-14-13-26-20-12-11-19(24)15-21(20)29-23(26)25-22(27)18-9-7-17(8-10-18)16-5-3-2-4-6-16/h2-12,15H,13-14H2,1H3. The maximum Gasteiger partial charge on any atom is 0.279 e. The molecule has 1 amide bonds. The highest BCUT2D eigenvalue weighted by Gasteiger charge is 2.10. The van der Waals surface area contributed by atoms with Gasteiger partial charge in [-0.3, -0.25) is 4.79 Å². The Morgan fingerprint density at radius 3 is 2.48 bits per heavy atom. The van der Waals surface area contributed by atoms with E-state index in [0.29, 0.717) is 23.5 Å². The van der Waals surface area contributed by atoms with E-state index in [0.717, 1.165) is 21.3 Å². The molecule has 0 fully saturated rings. The summed E-state index contributed by atoms with van der Waals surface area (Å²) in [6.07, 6.45) is 0. The van der Waals surface area contributed by atoms with Crippen molar-refractivity contribution in [1.82, 2.24) is 4.57 Å². The summed E-state index contributed by atoms with van der Waals surface area (Å²) in [5.41, 5.74) is 3.47. The second kappa shape index (κ2) is 8.51. The van der Waals surface area contributed by atoms with Crippen molar-refractivity contribution >= 4 is 27.5 Å². The van der Waals surface area contributed by atoms with Gasteiger partial charge in [0.05, 0.1) is 16.8 Å². The van der Waals surface area contributed by atoms with Crippen LogP contribution in [0, 0.1) is 5.82 Å². The number of rotatable bonds is 5.